The molecule has 8 heteroatoms. The van der Waals surface area contributed by atoms with Crippen LogP contribution in [0.4, 0.5) is 5.69 Å². The Balaban J connectivity index is 1.76. The number of amides is 1. The number of benzene rings is 3. The molecule has 0 aliphatic rings. The predicted octanol–water partition coefficient (Wildman–Crippen LogP) is 2.86. The third kappa shape index (κ3) is 5.31. The van der Waals surface area contributed by atoms with Crippen molar-refractivity contribution in [1.29, 1.82) is 5.41 Å². The lowest BCUT2D eigenvalue weighted by Crippen LogP contribution is -2.16. The normalized spacial score (nSPS) is 11.1. The first-order chi connectivity index (χ1) is 14.2. The van der Waals surface area contributed by atoms with E-state index in [1.165, 1.54) is 6.07 Å². The Kier molecular flexibility index (Phi) is 6.29. The van der Waals surface area contributed by atoms with Gasteiger partial charge in [-0.05, 0) is 35.7 Å². The number of carbonyl (C=O) groups excluding carboxylic acids is 1. The lowest BCUT2D eigenvalue weighted by atomic mass is 10.0. The van der Waals surface area contributed by atoms with Crippen LogP contribution in [0, 0.1) is 5.41 Å². The summed E-state index contributed by atoms with van der Waals surface area (Å²) in [4.78, 5) is 12.3. The molecule has 6 N–H and O–H groups in total. The van der Waals surface area contributed by atoms with Crippen molar-refractivity contribution in [3.8, 4) is 11.1 Å². The molecular weight excluding hydrogens is 400 g/mol. The molecule has 3 rings (SSSR count). The van der Waals surface area contributed by atoms with Crippen LogP contribution < -0.4 is 16.2 Å². The Bertz CT molecular complexity index is 1190. The van der Waals surface area contributed by atoms with Crippen molar-refractivity contribution in [2.45, 2.75) is 17.7 Å². The van der Waals surface area contributed by atoms with Crippen LogP contribution in [0.25, 0.3) is 11.1 Å². The van der Waals surface area contributed by atoms with Crippen LogP contribution in [0.3, 0.4) is 0 Å². The molecule has 3 aromatic rings. The summed E-state index contributed by atoms with van der Waals surface area (Å²) in [5.74, 6) is -0.300. The Morgan fingerprint density at radius 2 is 1.70 bits per heavy atom. The number of aryl methyl sites for hydroxylation is 1. The highest BCUT2D eigenvalue weighted by atomic mass is 32.2. The SMILES string of the molecule is N=C(N)c1cccc(CCC(=O)Nc2ccc(-c3ccccc3)c(S(N)(=O)=O)c2)c1. The zero-order valence-corrected chi connectivity index (χ0v) is 16.9. The molecule has 30 heavy (non-hydrogen) atoms. The van der Waals surface area contributed by atoms with E-state index in [1.54, 1.807) is 54.6 Å². The first kappa shape index (κ1) is 21.2. The van der Waals surface area contributed by atoms with Crippen molar-refractivity contribution in [3.05, 3.63) is 83.9 Å². The Morgan fingerprint density at radius 3 is 2.37 bits per heavy atom. The molecule has 154 valence electrons. The van der Waals surface area contributed by atoms with Crippen LogP contribution >= 0.6 is 0 Å². The monoisotopic (exact) mass is 422 g/mol. The Labute approximate surface area is 175 Å². The summed E-state index contributed by atoms with van der Waals surface area (Å²) in [6.07, 6.45) is 0.642. The van der Waals surface area contributed by atoms with Gasteiger partial charge in [0.1, 0.15) is 5.84 Å². The Hall–Kier alpha value is -3.49. The van der Waals surface area contributed by atoms with Crippen LogP contribution in [0.15, 0.2) is 77.7 Å². The second kappa shape index (κ2) is 8.89. The number of primary sulfonamides is 1. The van der Waals surface area contributed by atoms with Gasteiger partial charge in [0, 0.05) is 23.2 Å². The third-order valence-electron chi connectivity index (χ3n) is 4.54. The second-order valence-electron chi connectivity index (χ2n) is 6.78. The number of carbonyl (C=O) groups is 1. The van der Waals surface area contributed by atoms with Crippen molar-refractivity contribution < 1.29 is 13.2 Å². The van der Waals surface area contributed by atoms with Gasteiger partial charge in [0.05, 0.1) is 4.90 Å². The minimum absolute atomic E-state index is 0.0321. The fourth-order valence-corrected chi connectivity index (χ4v) is 3.85. The van der Waals surface area contributed by atoms with E-state index in [1.807, 2.05) is 12.1 Å². The summed E-state index contributed by atoms with van der Waals surface area (Å²) >= 11 is 0. The topological polar surface area (TPSA) is 139 Å². The average molecular weight is 423 g/mol. The molecule has 0 heterocycles. The van der Waals surface area contributed by atoms with Gasteiger partial charge in [-0.1, -0.05) is 54.6 Å². The summed E-state index contributed by atoms with van der Waals surface area (Å²) in [7, 11) is -3.99. The molecule has 7 nitrogen and oxygen atoms in total. The molecule has 0 bridgehead atoms. The van der Waals surface area contributed by atoms with E-state index in [9.17, 15) is 13.2 Å². The highest BCUT2D eigenvalue weighted by molar-refractivity contribution is 7.89. The number of amidine groups is 1. The van der Waals surface area contributed by atoms with E-state index >= 15 is 0 Å². The van der Waals surface area contributed by atoms with Gasteiger partial charge in [-0.3, -0.25) is 10.2 Å². The van der Waals surface area contributed by atoms with Crippen molar-refractivity contribution in [2.75, 3.05) is 5.32 Å². The second-order valence-corrected chi connectivity index (χ2v) is 8.31. The van der Waals surface area contributed by atoms with Crippen LogP contribution in [-0.4, -0.2) is 20.2 Å². The number of hydrogen-bond acceptors (Lipinski definition) is 4. The third-order valence-corrected chi connectivity index (χ3v) is 5.49. The van der Waals surface area contributed by atoms with Gasteiger partial charge in [0.2, 0.25) is 15.9 Å². The molecule has 0 unspecified atom stereocenters. The summed E-state index contributed by atoms with van der Waals surface area (Å²) in [6.45, 7) is 0. The zero-order valence-electron chi connectivity index (χ0n) is 16.1. The summed E-state index contributed by atoms with van der Waals surface area (Å²) in [5.41, 5.74) is 8.50. The molecule has 0 fully saturated rings. The van der Waals surface area contributed by atoms with Gasteiger partial charge < -0.3 is 11.1 Å². The standard InChI is InChI=1S/C22H22N4O3S/c23-22(24)17-8-4-5-15(13-17)9-12-21(27)26-18-10-11-19(16-6-2-1-3-7-16)20(14-18)30(25,28)29/h1-8,10-11,13-14H,9,12H2,(H3,23,24)(H,26,27)(H2,25,28,29). The molecular formula is C22H22N4O3S. The first-order valence-electron chi connectivity index (χ1n) is 9.19. The minimum atomic E-state index is -3.99. The van der Waals surface area contributed by atoms with Crippen LogP contribution in [-0.2, 0) is 21.2 Å². The number of rotatable bonds is 7. The van der Waals surface area contributed by atoms with Gasteiger partial charge in [-0.15, -0.1) is 0 Å². The van der Waals surface area contributed by atoms with Crippen molar-refractivity contribution in [2.24, 2.45) is 10.9 Å². The molecule has 0 atom stereocenters. The minimum Gasteiger partial charge on any atom is -0.384 e. The molecule has 0 radical (unpaired) electrons. The van der Waals surface area contributed by atoms with E-state index in [-0.39, 0.29) is 23.1 Å². The summed E-state index contributed by atoms with van der Waals surface area (Å²) < 4.78 is 24.2. The molecule has 0 aromatic heterocycles. The van der Waals surface area contributed by atoms with Gasteiger partial charge in [-0.2, -0.15) is 0 Å². The molecule has 1 amide bonds. The maximum atomic E-state index is 12.4. The predicted molar refractivity (Wildman–Crippen MR) is 118 cm³/mol. The number of hydrogen-bond donors (Lipinski definition) is 4. The number of nitrogens with two attached hydrogens (primary N) is 2. The van der Waals surface area contributed by atoms with Crippen LogP contribution in [0.5, 0.6) is 0 Å². The van der Waals surface area contributed by atoms with E-state index in [4.69, 9.17) is 16.3 Å². The zero-order chi connectivity index (χ0) is 21.7. The molecule has 0 aliphatic carbocycles. The molecule has 0 aliphatic heterocycles. The highest BCUT2D eigenvalue weighted by Gasteiger charge is 2.17. The van der Waals surface area contributed by atoms with E-state index in [0.717, 1.165) is 5.56 Å². The summed E-state index contributed by atoms with van der Waals surface area (Å²) in [5, 5.41) is 15.6. The number of nitrogens with one attached hydrogen (secondary N) is 2. The number of sulfonamides is 1. The number of nitrogen functional groups attached to an aromatic ring is 1. The molecule has 0 saturated heterocycles. The fraction of sp³-hybridized carbons (Fsp3) is 0.0909. The number of anilines is 1. The van der Waals surface area contributed by atoms with Gasteiger partial charge in [0.25, 0.3) is 0 Å². The fourth-order valence-electron chi connectivity index (χ4n) is 3.07. The van der Waals surface area contributed by atoms with Gasteiger partial charge in [0.15, 0.2) is 0 Å². The molecule has 3 aromatic carbocycles. The van der Waals surface area contributed by atoms with E-state index in [0.29, 0.717) is 28.8 Å². The first-order valence-corrected chi connectivity index (χ1v) is 10.7. The average Bonchev–Trinajstić information content (AvgIpc) is 2.72. The van der Waals surface area contributed by atoms with Crippen molar-refractivity contribution in [3.63, 3.8) is 0 Å². The lowest BCUT2D eigenvalue weighted by molar-refractivity contribution is -0.116. The van der Waals surface area contributed by atoms with Crippen LogP contribution in [0.2, 0.25) is 0 Å². The largest absolute Gasteiger partial charge is 0.384 e. The van der Waals surface area contributed by atoms with E-state index in [2.05, 4.69) is 5.32 Å². The molecule has 0 saturated carbocycles. The lowest BCUT2D eigenvalue weighted by Gasteiger charge is -2.12. The Morgan fingerprint density at radius 1 is 0.967 bits per heavy atom. The van der Waals surface area contributed by atoms with Gasteiger partial charge in [-0.25, -0.2) is 13.6 Å². The van der Waals surface area contributed by atoms with Crippen LogP contribution in [0.1, 0.15) is 17.5 Å². The smallest absolute Gasteiger partial charge is 0.238 e. The maximum absolute atomic E-state index is 12.4. The molecule has 0 spiro atoms. The summed E-state index contributed by atoms with van der Waals surface area (Å²) in [6, 6.07) is 20.8. The van der Waals surface area contributed by atoms with Crippen molar-refractivity contribution >= 4 is 27.5 Å². The van der Waals surface area contributed by atoms with E-state index < -0.39 is 10.0 Å². The van der Waals surface area contributed by atoms with Gasteiger partial charge >= 0.3 is 0 Å². The maximum Gasteiger partial charge on any atom is 0.238 e. The highest BCUT2D eigenvalue weighted by Crippen LogP contribution is 2.29. The van der Waals surface area contributed by atoms with Crippen molar-refractivity contribution in [1.82, 2.24) is 0 Å². The quantitative estimate of drug-likeness (QED) is 0.343.